The third-order valence-corrected chi connectivity index (χ3v) is 3.36. The van der Waals surface area contributed by atoms with Crippen LogP contribution in [0.4, 0.5) is 0 Å². The number of carbonyl (C=O) groups is 1. The Morgan fingerprint density at radius 1 is 1.47 bits per heavy atom. The van der Waals surface area contributed by atoms with Crippen LogP contribution >= 0.6 is 11.3 Å². The van der Waals surface area contributed by atoms with Crippen molar-refractivity contribution in [2.45, 2.75) is 33.7 Å². The first kappa shape index (κ1) is 13.8. The molecule has 4 nitrogen and oxygen atoms in total. The van der Waals surface area contributed by atoms with E-state index in [4.69, 9.17) is 4.42 Å². The molecule has 0 fully saturated rings. The smallest absolute Gasteiger partial charge is 0.220 e. The van der Waals surface area contributed by atoms with Crippen molar-refractivity contribution in [2.24, 2.45) is 5.92 Å². The first-order valence-electron chi connectivity index (χ1n) is 6.32. The standard InChI is InChI=1S/C14H18N2O2S/c1-9(2)6-14(17)15-7-11-4-5-13(18-11)12-8-19-10(3)16-12/h4-5,8-9H,6-7H2,1-3H3,(H,15,17). The molecule has 2 aromatic rings. The van der Waals surface area contributed by atoms with Crippen LogP contribution in [-0.4, -0.2) is 10.9 Å². The molecule has 0 radical (unpaired) electrons. The minimum atomic E-state index is 0.0532. The fraction of sp³-hybridized carbons (Fsp3) is 0.429. The Kier molecular flexibility index (Phi) is 4.37. The first-order valence-corrected chi connectivity index (χ1v) is 7.20. The Balaban J connectivity index is 1.93. The highest BCUT2D eigenvalue weighted by atomic mass is 32.1. The van der Waals surface area contributed by atoms with Gasteiger partial charge in [-0.2, -0.15) is 0 Å². The molecular formula is C14H18N2O2S. The van der Waals surface area contributed by atoms with Gasteiger partial charge in [-0.3, -0.25) is 4.79 Å². The summed E-state index contributed by atoms with van der Waals surface area (Å²) in [6, 6.07) is 3.76. The zero-order valence-corrected chi connectivity index (χ0v) is 12.2. The number of carbonyl (C=O) groups excluding carboxylic acids is 1. The van der Waals surface area contributed by atoms with Crippen LogP contribution in [0.1, 0.15) is 31.0 Å². The van der Waals surface area contributed by atoms with Crippen LogP contribution in [-0.2, 0) is 11.3 Å². The van der Waals surface area contributed by atoms with Gasteiger partial charge >= 0.3 is 0 Å². The number of hydrogen-bond donors (Lipinski definition) is 1. The van der Waals surface area contributed by atoms with Crippen LogP contribution in [0.3, 0.4) is 0 Å². The highest BCUT2D eigenvalue weighted by Crippen LogP contribution is 2.23. The Labute approximate surface area is 116 Å². The molecule has 0 bridgehead atoms. The van der Waals surface area contributed by atoms with Gasteiger partial charge in [-0.15, -0.1) is 11.3 Å². The molecule has 0 unspecified atom stereocenters. The second-order valence-corrected chi connectivity index (χ2v) is 5.95. The van der Waals surface area contributed by atoms with E-state index in [1.807, 2.05) is 38.3 Å². The van der Waals surface area contributed by atoms with E-state index in [1.54, 1.807) is 11.3 Å². The van der Waals surface area contributed by atoms with Crippen molar-refractivity contribution in [2.75, 3.05) is 0 Å². The summed E-state index contributed by atoms with van der Waals surface area (Å²) < 4.78 is 5.67. The van der Waals surface area contributed by atoms with E-state index in [1.165, 1.54) is 0 Å². The number of aromatic nitrogens is 1. The number of rotatable bonds is 5. The highest BCUT2D eigenvalue weighted by molar-refractivity contribution is 7.09. The third kappa shape index (κ3) is 3.92. The van der Waals surface area contributed by atoms with Crippen molar-refractivity contribution in [3.8, 4) is 11.5 Å². The summed E-state index contributed by atoms with van der Waals surface area (Å²) in [5.74, 6) is 1.91. The lowest BCUT2D eigenvalue weighted by atomic mass is 10.1. The Morgan fingerprint density at radius 3 is 2.89 bits per heavy atom. The van der Waals surface area contributed by atoms with Crippen LogP contribution in [0.2, 0.25) is 0 Å². The van der Waals surface area contributed by atoms with Gasteiger partial charge in [0, 0.05) is 11.8 Å². The van der Waals surface area contributed by atoms with Crippen molar-refractivity contribution in [3.05, 3.63) is 28.3 Å². The van der Waals surface area contributed by atoms with Crippen LogP contribution in [0, 0.1) is 12.8 Å². The summed E-state index contributed by atoms with van der Waals surface area (Å²) in [5, 5.41) is 5.83. The fourth-order valence-corrected chi connectivity index (χ4v) is 2.32. The SMILES string of the molecule is Cc1nc(-c2ccc(CNC(=O)CC(C)C)o2)cs1. The number of nitrogens with one attached hydrogen (secondary N) is 1. The maximum atomic E-state index is 11.5. The number of amides is 1. The lowest BCUT2D eigenvalue weighted by Crippen LogP contribution is -2.23. The molecule has 102 valence electrons. The Morgan fingerprint density at radius 2 is 2.26 bits per heavy atom. The lowest BCUT2D eigenvalue weighted by molar-refractivity contribution is -0.122. The normalized spacial score (nSPS) is 10.9. The van der Waals surface area contributed by atoms with Crippen molar-refractivity contribution < 1.29 is 9.21 Å². The summed E-state index contributed by atoms with van der Waals surface area (Å²) in [5.41, 5.74) is 0.849. The van der Waals surface area contributed by atoms with Crippen molar-refractivity contribution >= 4 is 17.2 Å². The van der Waals surface area contributed by atoms with Crippen molar-refractivity contribution in [3.63, 3.8) is 0 Å². The number of furan rings is 1. The van der Waals surface area contributed by atoms with Gasteiger partial charge in [-0.05, 0) is 25.0 Å². The maximum Gasteiger partial charge on any atom is 0.220 e. The van der Waals surface area contributed by atoms with Crippen molar-refractivity contribution in [1.29, 1.82) is 0 Å². The molecule has 0 aliphatic carbocycles. The van der Waals surface area contributed by atoms with Crippen LogP contribution in [0.5, 0.6) is 0 Å². The fourth-order valence-electron chi connectivity index (χ4n) is 1.72. The van der Waals surface area contributed by atoms with Gasteiger partial charge < -0.3 is 9.73 Å². The Hall–Kier alpha value is -1.62. The minimum Gasteiger partial charge on any atom is -0.458 e. The highest BCUT2D eigenvalue weighted by Gasteiger charge is 2.09. The lowest BCUT2D eigenvalue weighted by Gasteiger charge is -2.05. The van der Waals surface area contributed by atoms with Crippen LogP contribution in [0.15, 0.2) is 21.9 Å². The summed E-state index contributed by atoms with van der Waals surface area (Å²) in [4.78, 5) is 15.9. The van der Waals surface area contributed by atoms with Crippen LogP contribution in [0.25, 0.3) is 11.5 Å². The van der Waals surface area contributed by atoms with Gasteiger partial charge in [0.2, 0.25) is 5.91 Å². The van der Waals surface area contributed by atoms with Crippen LogP contribution < -0.4 is 5.32 Å². The van der Waals surface area contributed by atoms with Gasteiger partial charge in [-0.25, -0.2) is 4.98 Å². The summed E-state index contributed by atoms with van der Waals surface area (Å²) >= 11 is 1.59. The molecule has 0 aliphatic heterocycles. The van der Waals surface area contributed by atoms with E-state index in [0.717, 1.165) is 22.2 Å². The monoisotopic (exact) mass is 278 g/mol. The zero-order chi connectivity index (χ0) is 13.8. The number of hydrogen-bond acceptors (Lipinski definition) is 4. The molecule has 0 saturated heterocycles. The molecule has 0 saturated carbocycles. The third-order valence-electron chi connectivity index (χ3n) is 2.59. The molecule has 0 aromatic carbocycles. The molecular weight excluding hydrogens is 260 g/mol. The van der Waals surface area contributed by atoms with E-state index >= 15 is 0 Å². The topological polar surface area (TPSA) is 55.1 Å². The predicted molar refractivity (Wildman–Crippen MR) is 75.9 cm³/mol. The van der Waals surface area contributed by atoms with Gasteiger partial charge in [0.25, 0.3) is 0 Å². The van der Waals surface area contributed by atoms with E-state index in [2.05, 4.69) is 10.3 Å². The number of aryl methyl sites for hydroxylation is 1. The zero-order valence-electron chi connectivity index (χ0n) is 11.4. The largest absolute Gasteiger partial charge is 0.458 e. The first-order chi connectivity index (χ1) is 9.04. The minimum absolute atomic E-state index is 0.0532. The summed E-state index contributed by atoms with van der Waals surface area (Å²) in [6.45, 7) is 6.43. The molecule has 0 aliphatic rings. The Bertz CT molecular complexity index is 557. The van der Waals surface area contributed by atoms with Gasteiger partial charge in [0.05, 0.1) is 11.6 Å². The van der Waals surface area contributed by atoms with Gasteiger partial charge in [-0.1, -0.05) is 13.8 Å². The van der Waals surface area contributed by atoms with E-state index in [-0.39, 0.29) is 5.91 Å². The van der Waals surface area contributed by atoms with E-state index < -0.39 is 0 Å². The van der Waals surface area contributed by atoms with Gasteiger partial charge in [0.1, 0.15) is 11.5 Å². The number of nitrogens with zero attached hydrogens (tertiary/aromatic N) is 1. The molecule has 19 heavy (non-hydrogen) atoms. The molecule has 2 rings (SSSR count). The average Bonchev–Trinajstić information content (AvgIpc) is 2.94. The molecule has 0 spiro atoms. The molecule has 5 heteroatoms. The second kappa shape index (κ2) is 6.02. The van der Waals surface area contributed by atoms with Gasteiger partial charge in [0.15, 0.2) is 5.76 Å². The second-order valence-electron chi connectivity index (χ2n) is 4.89. The van der Waals surface area contributed by atoms with E-state index in [0.29, 0.717) is 18.9 Å². The summed E-state index contributed by atoms with van der Waals surface area (Å²) in [7, 11) is 0. The maximum absolute atomic E-state index is 11.5. The molecule has 0 atom stereocenters. The van der Waals surface area contributed by atoms with Crippen molar-refractivity contribution in [1.82, 2.24) is 10.3 Å². The quantitative estimate of drug-likeness (QED) is 0.912. The molecule has 1 N–H and O–H groups in total. The molecule has 1 amide bonds. The average molecular weight is 278 g/mol. The molecule has 2 aromatic heterocycles. The predicted octanol–water partition coefficient (Wildman–Crippen LogP) is 3.37. The molecule has 2 heterocycles. The number of thiazole rings is 1. The van der Waals surface area contributed by atoms with E-state index in [9.17, 15) is 4.79 Å². The summed E-state index contributed by atoms with van der Waals surface area (Å²) in [6.07, 6.45) is 0.541.